The highest BCUT2D eigenvalue weighted by atomic mass is 16.4. The van der Waals surface area contributed by atoms with Crippen molar-refractivity contribution < 1.29 is 15.4 Å². The van der Waals surface area contributed by atoms with Crippen LogP contribution in [0.5, 0.6) is 0 Å². The Hall–Kier alpha value is -0.870. The van der Waals surface area contributed by atoms with Gasteiger partial charge in [0, 0.05) is 5.41 Å². The fourth-order valence-corrected chi connectivity index (χ4v) is 7.33. The van der Waals surface area contributed by atoms with Gasteiger partial charge < -0.3 is 15.4 Å². The number of fused-ring (bicyclic) bond motifs is 5. The van der Waals surface area contributed by atoms with Crippen LogP contribution >= 0.6 is 0 Å². The number of rotatable bonds is 1. The molecule has 4 aliphatic carbocycles. The molecule has 25 heavy (non-hydrogen) atoms. The van der Waals surface area contributed by atoms with Crippen LogP contribution in [0.4, 0.5) is 0 Å². The van der Waals surface area contributed by atoms with E-state index in [1.54, 1.807) is 6.92 Å². The zero-order valence-electron chi connectivity index (χ0n) is 15.8. The molecule has 0 aromatic heterocycles. The van der Waals surface area contributed by atoms with E-state index in [1.165, 1.54) is 5.57 Å². The SMILES string of the molecule is CC(=NO)[C@]1(O)CC[C@@H]2[C@H]3CC=C4C[C@H](O)CC[C@]4(C)[C@@H]3CC[C@@]21C. The Morgan fingerprint density at radius 3 is 2.56 bits per heavy atom. The number of nitrogens with zero attached hydrogens (tertiary/aromatic N) is 1. The summed E-state index contributed by atoms with van der Waals surface area (Å²) in [5, 5.41) is 34.2. The minimum atomic E-state index is -0.967. The first kappa shape index (κ1) is 17.5. The van der Waals surface area contributed by atoms with Crippen LogP contribution in [0.1, 0.15) is 72.1 Å². The van der Waals surface area contributed by atoms with E-state index in [4.69, 9.17) is 0 Å². The van der Waals surface area contributed by atoms with E-state index in [2.05, 4.69) is 25.1 Å². The van der Waals surface area contributed by atoms with Crippen LogP contribution in [0.2, 0.25) is 0 Å². The topological polar surface area (TPSA) is 73.1 Å². The van der Waals surface area contributed by atoms with E-state index in [0.717, 1.165) is 44.9 Å². The van der Waals surface area contributed by atoms with Gasteiger partial charge in [0.1, 0.15) is 5.60 Å². The summed E-state index contributed by atoms with van der Waals surface area (Å²) in [6, 6.07) is 0. The van der Waals surface area contributed by atoms with Gasteiger partial charge in [-0.15, -0.1) is 0 Å². The second-order valence-corrected chi connectivity index (χ2v) is 9.70. The van der Waals surface area contributed by atoms with Crippen LogP contribution in [-0.4, -0.2) is 32.8 Å². The third-order valence-electron chi connectivity index (χ3n) is 8.98. The normalized spacial score (nSPS) is 52.8. The summed E-state index contributed by atoms with van der Waals surface area (Å²) in [6.07, 6.45) is 10.0. The lowest BCUT2D eigenvalue weighted by Gasteiger charge is -2.58. The summed E-state index contributed by atoms with van der Waals surface area (Å²) in [6.45, 7) is 6.41. The van der Waals surface area contributed by atoms with E-state index >= 15 is 0 Å². The Bertz CT molecular complexity index is 629. The average molecular weight is 347 g/mol. The smallest absolute Gasteiger partial charge is 0.111 e. The van der Waals surface area contributed by atoms with Gasteiger partial charge in [0.2, 0.25) is 0 Å². The molecule has 0 aliphatic heterocycles. The maximum absolute atomic E-state index is 11.4. The summed E-state index contributed by atoms with van der Waals surface area (Å²) in [5.74, 6) is 1.74. The van der Waals surface area contributed by atoms with Gasteiger partial charge in [-0.3, -0.25) is 0 Å². The fourth-order valence-electron chi connectivity index (χ4n) is 7.33. The van der Waals surface area contributed by atoms with Crippen molar-refractivity contribution in [2.24, 2.45) is 33.7 Å². The minimum absolute atomic E-state index is 0.162. The summed E-state index contributed by atoms with van der Waals surface area (Å²) in [4.78, 5) is 0. The molecule has 3 N–H and O–H groups in total. The van der Waals surface area contributed by atoms with Gasteiger partial charge >= 0.3 is 0 Å². The zero-order chi connectivity index (χ0) is 18.0. The van der Waals surface area contributed by atoms with Crippen molar-refractivity contribution in [3.63, 3.8) is 0 Å². The van der Waals surface area contributed by atoms with Gasteiger partial charge in [-0.1, -0.05) is 30.7 Å². The van der Waals surface area contributed by atoms with Crippen LogP contribution in [0.3, 0.4) is 0 Å². The van der Waals surface area contributed by atoms with E-state index in [-0.39, 0.29) is 16.9 Å². The Morgan fingerprint density at radius 2 is 1.84 bits per heavy atom. The lowest BCUT2D eigenvalue weighted by Crippen LogP contribution is -2.57. The van der Waals surface area contributed by atoms with E-state index < -0.39 is 5.60 Å². The lowest BCUT2D eigenvalue weighted by molar-refractivity contribution is -0.0936. The van der Waals surface area contributed by atoms with Crippen molar-refractivity contribution in [3.8, 4) is 0 Å². The molecular weight excluding hydrogens is 314 g/mol. The number of hydrogen-bond donors (Lipinski definition) is 3. The number of hydrogen-bond acceptors (Lipinski definition) is 4. The van der Waals surface area contributed by atoms with Crippen LogP contribution in [0.15, 0.2) is 16.8 Å². The van der Waals surface area contributed by atoms with Crippen molar-refractivity contribution in [3.05, 3.63) is 11.6 Å². The number of allylic oxidation sites excluding steroid dienone is 1. The maximum atomic E-state index is 11.4. The molecule has 4 aliphatic rings. The third-order valence-corrected chi connectivity index (χ3v) is 8.98. The molecule has 4 nitrogen and oxygen atoms in total. The van der Waals surface area contributed by atoms with Crippen molar-refractivity contribution in [1.82, 2.24) is 0 Å². The minimum Gasteiger partial charge on any atom is -0.411 e. The predicted molar refractivity (Wildman–Crippen MR) is 97.6 cm³/mol. The quantitative estimate of drug-likeness (QED) is 0.292. The molecule has 7 atom stereocenters. The van der Waals surface area contributed by atoms with Crippen molar-refractivity contribution >= 4 is 5.71 Å². The molecule has 0 aromatic carbocycles. The molecular formula is C21H33NO3. The van der Waals surface area contributed by atoms with Crippen LogP contribution in [0.25, 0.3) is 0 Å². The van der Waals surface area contributed by atoms with E-state index in [9.17, 15) is 15.4 Å². The molecule has 3 saturated carbocycles. The Labute approximate surface area is 151 Å². The zero-order valence-corrected chi connectivity index (χ0v) is 15.8. The number of oxime groups is 1. The first-order chi connectivity index (χ1) is 11.8. The second kappa shape index (κ2) is 5.56. The highest BCUT2D eigenvalue weighted by Crippen LogP contribution is 2.67. The van der Waals surface area contributed by atoms with Gasteiger partial charge in [0.05, 0.1) is 11.8 Å². The lowest BCUT2D eigenvalue weighted by atomic mass is 9.46. The molecule has 0 spiro atoms. The van der Waals surface area contributed by atoms with E-state index in [1.807, 2.05) is 0 Å². The molecule has 4 rings (SSSR count). The van der Waals surface area contributed by atoms with Gasteiger partial charge in [0.15, 0.2) is 0 Å². The Balaban J connectivity index is 1.69. The molecule has 0 unspecified atom stereocenters. The monoisotopic (exact) mass is 347 g/mol. The molecule has 0 radical (unpaired) electrons. The van der Waals surface area contributed by atoms with Gasteiger partial charge in [-0.2, -0.15) is 0 Å². The third kappa shape index (κ3) is 2.16. The summed E-state index contributed by atoms with van der Waals surface area (Å²) >= 11 is 0. The summed E-state index contributed by atoms with van der Waals surface area (Å²) in [5.41, 5.74) is 1.03. The van der Waals surface area contributed by atoms with Crippen molar-refractivity contribution in [2.45, 2.75) is 83.8 Å². The number of aliphatic hydroxyl groups is 2. The maximum Gasteiger partial charge on any atom is 0.111 e. The van der Waals surface area contributed by atoms with Gasteiger partial charge in [-0.05, 0) is 81.5 Å². The molecule has 0 bridgehead atoms. The predicted octanol–water partition coefficient (Wildman–Crippen LogP) is 3.89. The molecule has 0 heterocycles. The molecule has 3 fully saturated rings. The highest BCUT2D eigenvalue weighted by Gasteiger charge is 2.64. The Kier molecular flexibility index (Phi) is 3.90. The van der Waals surface area contributed by atoms with E-state index in [0.29, 0.717) is 29.9 Å². The summed E-state index contributed by atoms with van der Waals surface area (Å²) < 4.78 is 0. The molecule has 140 valence electrons. The summed E-state index contributed by atoms with van der Waals surface area (Å²) in [7, 11) is 0. The number of aliphatic hydroxyl groups excluding tert-OH is 1. The average Bonchev–Trinajstić information content (AvgIpc) is 2.87. The Morgan fingerprint density at radius 1 is 1.12 bits per heavy atom. The van der Waals surface area contributed by atoms with Crippen LogP contribution in [0, 0.1) is 28.6 Å². The van der Waals surface area contributed by atoms with Crippen LogP contribution in [-0.2, 0) is 0 Å². The van der Waals surface area contributed by atoms with Crippen molar-refractivity contribution in [1.29, 1.82) is 0 Å². The molecule has 0 aromatic rings. The molecule has 4 heteroatoms. The van der Waals surface area contributed by atoms with Crippen LogP contribution < -0.4 is 0 Å². The first-order valence-corrected chi connectivity index (χ1v) is 10.1. The molecule has 0 saturated heterocycles. The van der Waals surface area contributed by atoms with Crippen molar-refractivity contribution in [2.75, 3.05) is 0 Å². The second-order valence-electron chi connectivity index (χ2n) is 9.70. The standard InChI is InChI=1S/C21H33NO3/c1-13(22-25)21(24)11-8-18-16-5-4-14-12-15(23)6-9-19(14,2)17(16)7-10-20(18,21)3/h4,15-18,23-25H,5-12H2,1-3H3/t15-,16+,17-,18-,19+,20+,21-/m1/s1. The first-order valence-electron chi connectivity index (χ1n) is 10.1. The molecule has 0 amide bonds. The largest absolute Gasteiger partial charge is 0.411 e. The van der Waals surface area contributed by atoms with Gasteiger partial charge in [0.25, 0.3) is 0 Å². The van der Waals surface area contributed by atoms with Gasteiger partial charge in [-0.25, -0.2) is 0 Å². The highest BCUT2D eigenvalue weighted by molar-refractivity contribution is 5.91. The fraction of sp³-hybridized carbons (Fsp3) is 0.857.